The summed E-state index contributed by atoms with van der Waals surface area (Å²) < 4.78 is 31.6. The van der Waals surface area contributed by atoms with Crippen molar-refractivity contribution in [3.05, 3.63) is 35.4 Å². The molecule has 2 rings (SSSR count). The minimum Gasteiger partial charge on any atom is -0.393 e. The number of carbonyl (C=O) groups is 1. The molecule has 0 aliphatic carbocycles. The Morgan fingerprint density at radius 3 is 2.83 bits per heavy atom. The molecule has 0 radical (unpaired) electrons. The minimum absolute atomic E-state index is 0.207. The molecular formula is C16H22F2N2O3. The van der Waals surface area contributed by atoms with Crippen molar-refractivity contribution in [3.63, 3.8) is 0 Å². The van der Waals surface area contributed by atoms with Crippen LogP contribution in [-0.4, -0.2) is 47.9 Å². The number of aliphatic hydroxyl groups excluding tert-OH is 1. The molecule has 1 fully saturated rings. The Morgan fingerprint density at radius 1 is 1.43 bits per heavy atom. The second kappa shape index (κ2) is 7.70. The highest BCUT2D eigenvalue weighted by atomic mass is 19.2. The first-order valence-corrected chi connectivity index (χ1v) is 7.66. The van der Waals surface area contributed by atoms with Crippen LogP contribution < -0.4 is 5.32 Å². The van der Waals surface area contributed by atoms with Crippen molar-refractivity contribution in [2.45, 2.75) is 38.5 Å². The number of nitrogens with one attached hydrogen (secondary N) is 1. The number of hydrogen-bond donors (Lipinski definition) is 2. The average molecular weight is 328 g/mol. The zero-order chi connectivity index (χ0) is 17.0. The smallest absolute Gasteiger partial charge is 0.318 e. The second-order valence-corrected chi connectivity index (χ2v) is 5.85. The normalized spacial score (nSPS) is 20.9. The summed E-state index contributed by atoms with van der Waals surface area (Å²) in [7, 11) is 0. The monoisotopic (exact) mass is 328 g/mol. The van der Waals surface area contributed by atoms with Gasteiger partial charge in [0.1, 0.15) is 0 Å². The number of aliphatic hydroxyl groups is 1. The molecule has 7 heteroatoms. The van der Waals surface area contributed by atoms with Gasteiger partial charge in [-0.25, -0.2) is 13.6 Å². The van der Waals surface area contributed by atoms with Crippen LogP contribution in [0.25, 0.3) is 0 Å². The molecule has 0 spiro atoms. The molecule has 0 unspecified atom stereocenters. The zero-order valence-electron chi connectivity index (χ0n) is 13.3. The second-order valence-electron chi connectivity index (χ2n) is 5.85. The SMILES string of the molecule is C[C@H](O)C[C@@H]1COCCN1C(=O)N[C@H](C)c1ccc(F)c(F)c1. The van der Waals surface area contributed by atoms with Gasteiger partial charge in [-0.3, -0.25) is 0 Å². The topological polar surface area (TPSA) is 61.8 Å². The van der Waals surface area contributed by atoms with Crippen LogP contribution in [0, 0.1) is 11.6 Å². The summed E-state index contributed by atoms with van der Waals surface area (Å²) in [6, 6.07) is 2.57. The van der Waals surface area contributed by atoms with Crippen LogP contribution in [0.3, 0.4) is 0 Å². The third kappa shape index (κ3) is 4.62. The van der Waals surface area contributed by atoms with Crippen LogP contribution in [0.5, 0.6) is 0 Å². The zero-order valence-corrected chi connectivity index (χ0v) is 13.3. The molecule has 1 saturated heterocycles. The first kappa shape index (κ1) is 17.6. The van der Waals surface area contributed by atoms with E-state index < -0.39 is 23.8 Å². The number of halogens is 2. The summed E-state index contributed by atoms with van der Waals surface area (Å²) >= 11 is 0. The molecule has 1 aliphatic heterocycles. The molecule has 2 amide bonds. The van der Waals surface area contributed by atoms with E-state index in [1.807, 2.05) is 0 Å². The molecule has 23 heavy (non-hydrogen) atoms. The van der Waals surface area contributed by atoms with Gasteiger partial charge in [-0.15, -0.1) is 0 Å². The van der Waals surface area contributed by atoms with E-state index in [1.165, 1.54) is 6.07 Å². The van der Waals surface area contributed by atoms with Gasteiger partial charge < -0.3 is 20.1 Å². The van der Waals surface area contributed by atoms with Crippen molar-refractivity contribution in [2.75, 3.05) is 19.8 Å². The van der Waals surface area contributed by atoms with E-state index >= 15 is 0 Å². The minimum atomic E-state index is -0.943. The van der Waals surface area contributed by atoms with E-state index in [2.05, 4.69) is 5.32 Å². The molecule has 1 aromatic rings. The summed E-state index contributed by atoms with van der Waals surface area (Å²) in [5.74, 6) is -1.86. The van der Waals surface area contributed by atoms with Crippen molar-refractivity contribution < 1.29 is 23.4 Å². The maximum absolute atomic E-state index is 13.3. The summed E-state index contributed by atoms with van der Waals surface area (Å²) in [4.78, 5) is 14.1. The number of hydrogen-bond acceptors (Lipinski definition) is 3. The third-order valence-electron chi connectivity index (χ3n) is 3.89. The maximum atomic E-state index is 13.3. The van der Waals surface area contributed by atoms with Crippen molar-refractivity contribution in [3.8, 4) is 0 Å². The average Bonchev–Trinajstić information content (AvgIpc) is 2.49. The van der Waals surface area contributed by atoms with Gasteiger partial charge in [-0.05, 0) is 38.0 Å². The number of benzene rings is 1. The van der Waals surface area contributed by atoms with Gasteiger partial charge in [0.25, 0.3) is 0 Å². The third-order valence-corrected chi connectivity index (χ3v) is 3.89. The summed E-state index contributed by atoms with van der Waals surface area (Å²) in [5, 5.41) is 12.3. The van der Waals surface area contributed by atoms with E-state index in [-0.39, 0.29) is 12.1 Å². The van der Waals surface area contributed by atoms with Crippen LogP contribution in [0.4, 0.5) is 13.6 Å². The number of rotatable bonds is 4. The highest BCUT2D eigenvalue weighted by molar-refractivity contribution is 5.75. The van der Waals surface area contributed by atoms with Crippen molar-refractivity contribution >= 4 is 6.03 Å². The highest BCUT2D eigenvalue weighted by Crippen LogP contribution is 2.18. The Kier molecular flexibility index (Phi) is 5.90. The van der Waals surface area contributed by atoms with Crippen molar-refractivity contribution in [1.29, 1.82) is 0 Å². The lowest BCUT2D eigenvalue weighted by Gasteiger charge is -2.37. The van der Waals surface area contributed by atoms with Crippen LogP contribution >= 0.6 is 0 Å². The number of amides is 2. The largest absolute Gasteiger partial charge is 0.393 e. The Hall–Kier alpha value is -1.73. The Balaban J connectivity index is 2.02. The fraction of sp³-hybridized carbons (Fsp3) is 0.562. The first-order chi connectivity index (χ1) is 10.9. The van der Waals surface area contributed by atoms with Gasteiger partial charge in [0.05, 0.1) is 31.4 Å². The molecule has 2 N–H and O–H groups in total. The molecule has 3 atom stereocenters. The van der Waals surface area contributed by atoms with Crippen molar-refractivity contribution in [1.82, 2.24) is 10.2 Å². The van der Waals surface area contributed by atoms with Gasteiger partial charge in [-0.1, -0.05) is 6.07 Å². The van der Waals surface area contributed by atoms with Crippen LogP contribution in [0.1, 0.15) is 31.9 Å². The number of urea groups is 1. The molecule has 0 bridgehead atoms. The van der Waals surface area contributed by atoms with Crippen LogP contribution in [0.2, 0.25) is 0 Å². The van der Waals surface area contributed by atoms with Crippen LogP contribution in [-0.2, 0) is 4.74 Å². The summed E-state index contributed by atoms with van der Waals surface area (Å²) in [6.45, 7) is 4.60. The maximum Gasteiger partial charge on any atom is 0.318 e. The number of morpholine rings is 1. The lowest BCUT2D eigenvalue weighted by atomic mass is 10.1. The molecule has 0 saturated carbocycles. The lowest BCUT2D eigenvalue weighted by Crippen LogP contribution is -2.53. The summed E-state index contributed by atoms with van der Waals surface area (Å²) in [5.41, 5.74) is 0.484. The molecule has 128 valence electrons. The highest BCUT2D eigenvalue weighted by Gasteiger charge is 2.29. The molecule has 1 aliphatic rings. The van der Waals surface area contributed by atoms with Gasteiger partial charge >= 0.3 is 6.03 Å². The van der Waals surface area contributed by atoms with E-state index in [0.717, 1.165) is 12.1 Å². The number of carbonyl (C=O) groups excluding carboxylic acids is 1. The Morgan fingerprint density at radius 2 is 2.17 bits per heavy atom. The van der Waals surface area contributed by atoms with Gasteiger partial charge in [0, 0.05) is 6.54 Å². The van der Waals surface area contributed by atoms with Gasteiger partial charge in [-0.2, -0.15) is 0 Å². The summed E-state index contributed by atoms with van der Waals surface area (Å²) in [6.07, 6.45) is -0.118. The van der Waals surface area contributed by atoms with Gasteiger partial charge in [0.15, 0.2) is 11.6 Å². The molecular weight excluding hydrogens is 306 g/mol. The van der Waals surface area contributed by atoms with E-state index in [9.17, 15) is 18.7 Å². The van der Waals surface area contributed by atoms with E-state index in [4.69, 9.17) is 4.74 Å². The first-order valence-electron chi connectivity index (χ1n) is 7.66. The molecule has 1 aromatic carbocycles. The number of nitrogens with zero attached hydrogens (tertiary/aromatic N) is 1. The fourth-order valence-corrected chi connectivity index (χ4v) is 2.64. The van der Waals surface area contributed by atoms with E-state index in [1.54, 1.807) is 18.7 Å². The molecule has 1 heterocycles. The standard InChI is InChI=1S/C16H22F2N2O3/c1-10(21)7-13-9-23-6-5-20(13)16(22)19-11(2)12-3-4-14(17)15(18)8-12/h3-4,8,10-11,13,21H,5-7,9H2,1-2H3,(H,19,22)/t10-,11+,13+/m0/s1. The quantitative estimate of drug-likeness (QED) is 0.891. The molecule has 5 nitrogen and oxygen atoms in total. The van der Waals surface area contributed by atoms with Crippen LogP contribution in [0.15, 0.2) is 18.2 Å². The van der Waals surface area contributed by atoms with Crippen molar-refractivity contribution in [2.24, 2.45) is 0 Å². The predicted molar refractivity (Wildman–Crippen MR) is 80.9 cm³/mol. The lowest BCUT2D eigenvalue weighted by molar-refractivity contribution is -0.00474. The predicted octanol–water partition coefficient (Wildman–Crippen LogP) is 2.21. The Labute approximate surface area is 134 Å². The van der Waals surface area contributed by atoms with Gasteiger partial charge in [0.2, 0.25) is 0 Å². The molecule has 0 aromatic heterocycles. The fourth-order valence-electron chi connectivity index (χ4n) is 2.64. The van der Waals surface area contributed by atoms with E-state index in [0.29, 0.717) is 31.7 Å². The number of ether oxygens (including phenoxy) is 1. The Bertz CT molecular complexity index is 554.